The zero-order valence-electron chi connectivity index (χ0n) is 19.5. The minimum Gasteiger partial charge on any atom is -0.477 e. The Morgan fingerprint density at radius 2 is 2.30 bits per heavy atom. The van der Waals surface area contributed by atoms with Crippen LogP contribution in [-0.4, -0.2) is 85.2 Å². The van der Waals surface area contributed by atoms with Crippen LogP contribution in [0, 0.1) is 5.41 Å². The second-order valence-electron chi connectivity index (χ2n) is 8.05. The molecule has 0 aromatic carbocycles. The molecule has 2 fully saturated rings. The van der Waals surface area contributed by atoms with Crippen LogP contribution in [0.25, 0.3) is 10.2 Å². The van der Waals surface area contributed by atoms with Gasteiger partial charge >= 0.3 is 5.97 Å². The van der Waals surface area contributed by atoms with Gasteiger partial charge in [0.1, 0.15) is 41.8 Å². The number of hydrogen-bond donors (Lipinski definition) is 4. The van der Waals surface area contributed by atoms with Crippen molar-refractivity contribution in [2.75, 3.05) is 25.2 Å². The molecule has 0 radical (unpaired) electrons. The second kappa shape index (κ2) is 10.5. The van der Waals surface area contributed by atoms with E-state index in [0.717, 1.165) is 26.5 Å². The van der Waals surface area contributed by atoms with E-state index in [0.29, 0.717) is 17.1 Å². The van der Waals surface area contributed by atoms with Crippen molar-refractivity contribution >= 4 is 85.7 Å². The van der Waals surface area contributed by atoms with Crippen molar-refractivity contribution in [2.45, 2.75) is 15.8 Å². The number of oxime groups is 1. The van der Waals surface area contributed by atoms with Gasteiger partial charge in [-0.05, 0) is 17.5 Å². The topological polar surface area (TPSA) is 164 Å². The molecule has 2 aromatic heterocycles. The quantitative estimate of drug-likeness (QED) is 0.0708. The van der Waals surface area contributed by atoms with E-state index in [-0.39, 0.29) is 23.1 Å². The number of amidine groups is 1. The van der Waals surface area contributed by atoms with Gasteiger partial charge < -0.3 is 15.3 Å². The van der Waals surface area contributed by atoms with Crippen molar-refractivity contribution < 1.29 is 28.9 Å². The van der Waals surface area contributed by atoms with Gasteiger partial charge in [0.15, 0.2) is 16.7 Å². The lowest BCUT2D eigenvalue weighted by Gasteiger charge is -2.49. The SMILES string of the molecule is CON=C(C(=O)NC1C(=O)N2C(C(=O)O)=C(CSc3nc4c[n+](C)ccc4s3)CS[C@@H]12)N1CC(=N)SN1. The molecule has 0 saturated carbocycles. The third-order valence-electron chi connectivity index (χ3n) is 5.57. The summed E-state index contributed by atoms with van der Waals surface area (Å²) < 4.78 is 3.77. The number of carboxylic acids is 1. The normalized spacial score (nSPS) is 21.8. The lowest BCUT2D eigenvalue weighted by atomic mass is 10.0. The minimum atomic E-state index is -1.19. The molecule has 2 amide bonds. The molecule has 194 valence electrons. The van der Waals surface area contributed by atoms with E-state index < -0.39 is 29.2 Å². The maximum Gasteiger partial charge on any atom is 0.352 e. The van der Waals surface area contributed by atoms with E-state index in [9.17, 15) is 19.5 Å². The highest BCUT2D eigenvalue weighted by Crippen LogP contribution is 2.42. The molecule has 13 nitrogen and oxygen atoms in total. The third-order valence-corrected chi connectivity index (χ3v) is 9.86. The largest absolute Gasteiger partial charge is 0.477 e. The molecule has 1 unspecified atom stereocenters. The fourth-order valence-corrected chi connectivity index (χ4v) is 7.99. The van der Waals surface area contributed by atoms with E-state index in [2.05, 4.69) is 20.3 Å². The number of amides is 2. The lowest BCUT2D eigenvalue weighted by Crippen LogP contribution is -2.71. The van der Waals surface area contributed by atoms with Gasteiger partial charge in [-0.1, -0.05) is 16.9 Å². The fraction of sp³-hybridized carbons (Fsp3) is 0.350. The van der Waals surface area contributed by atoms with E-state index in [1.54, 1.807) is 0 Å². The predicted octanol–water partition coefficient (Wildman–Crippen LogP) is 0.357. The summed E-state index contributed by atoms with van der Waals surface area (Å²) in [4.78, 5) is 51.5. The van der Waals surface area contributed by atoms with Gasteiger partial charge in [0.05, 0.1) is 11.2 Å². The number of carbonyl (C=O) groups is 3. The molecular weight excluding hydrogens is 561 g/mol. The number of β-lactam (4-membered cyclic amide) rings is 1. The van der Waals surface area contributed by atoms with E-state index in [4.69, 9.17) is 10.2 Å². The van der Waals surface area contributed by atoms with Crippen molar-refractivity contribution in [1.29, 1.82) is 5.41 Å². The maximum atomic E-state index is 13.0. The van der Waals surface area contributed by atoms with Crippen LogP contribution in [0.3, 0.4) is 0 Å². The fourth-order valence-electron chi connectivity index (χ4n) is 3.90. The summed E-state index contributed by atoms with van der Waals surface area (Å²) in [5, 5.41) is 25.1. The highest BCUT2D eigenvalue weighted by Gasteiger charge is 2.54. The third kappa shape index (κ3) is 5.00. The molecule has 3 aliphatic rings. The lowest BCUT2D eigenvalue weighted by molar-refractivity contribution is -0.670. The van der Waals surface area contributed by atoms with E-state index in [1.165, 1.54) is 51.9 Å². The van der Waals surface area contributed by atoms with Crippen LogP contribution < -0.4 is 14.7 Å². The molecule has 0 aliphatic carbocycles. The maximum absolute atomic E-state index is 13.0. The van der Waals surface area contributed by atoms with Crippen LogP contribution in [0.5, 0.6) is 0 Å². The molecule has 2 aromatic rings. The van der Waals surface area contributed by atoms with Crippen LogP contribution in [0.2, 0.25) is 0 Å². The number of rotatable bonds is 6. The van der Waals surface area contributed by atoms with Gasteiger partial charge in [-0.3, -0.25) is 24.9 Å². The average molecular weight is 582 g/mol. The number of nitrogens with one attached hydrogen (secondary N) is 3. The summed E-state index contributed by atoms with van der Waals surface area (Å²) >= 11 is 5.39. The molecule has 4 N–H and O–H groups in total. The number of thiazole rings is 1. The molecule has 0 bridgehead atoms. The molecule has 2 saturated heterocycles. The highest BCUT2D eigenvalue weighted by atomic mass is 32.2. The molecule has 0 spiro atoms. The smallest absolute Gasteiger partial charge is 0.352 e. The Kier molecular flexibility index (Phi) is 7.30. The first-order valence-electron chi connectivity index (χ1n) is 10.7. The number of thioether (sulfide) groups is 2. The van der Waals surface area contributed by atoms with Crippen molar-refractivity contribution in [2.24, 2.45) is 12.2 Å². The van der Waals surface area contributed by atoms with Crippen LogP contribution in [0.15, 0.2) is 39.2 Å². The Labute approximate surface area is 227 Å². The number of aromatic nitrogens is 2. The monoisotopic (exact) mass is 581 g/mol. The number of aryl methyl sites for hydroxylation is 1. The van der Waals surface area contributed by atoms with Gasteiger partial charge in [-0.25, -0.2) is 14.3 Å². The summed E-state index contributed by atoms with van der Waals surface area (Å²) in [5.74, 6) is -1.73. The molecule has 5 rings (SSSR count). The van der Waals surface area contributed by atoms with Gasteiger partial charge in [0.25, 0.3) is 11.8 Å². The van der Waals surface area contributed by atoms with Gasteiger partial charge in [0, 0.05) is 17.6 Å². The Morgan fingerprint density at radius 1 is 1.49 bits per heavy atom. The summed E-state index contributed by atoms with van der Waals surface area (Å²) in [5.41, 5.74) is 1.45. The van der Waals surface area contributed by atoms with Crippen LogP contribution in [0.1, 0.15) is 0 Å². The van der Waals surface area contributed by atoms with E-state index in [1.807, 2.05) is 30.1 Å². The predicted molar refractivity (Wildman–Crippen MR) is 141 cm³/mol. The van der Waals surface area contributed by atoms with E-state index >= 15 is 0 Å². The molecular formula is C20H21N8O5S4+. The van der Waals surface area contributed by atoms with Crippen molar-refractivity contribution in [3.63, 3.8) is 0 Å². The van der Waals surface area contributed by atoms with Crippen LogP contribution >= 0.6 is 46.8 Å². The standard InChI is InChI=1S/C20H20N8O5S4/c1-26-4-3-11-10(5-26)22-20(36-11)35-8-9-7-34-18-13(17(30)28(18)14(9)19(31)32)23-16(29)15(24-33-2)27-6-12(21)37-25-27/h3-5,13,18,21,25H,6-8H2,1-2H3,(H-,23,29,31,32)/p+1/t13?,18-/m0/s1. The van der Waals surface area contributed by atoms with Crippen molar-refractivity contribution in [1.82, 2.24) is 25.0 Å². The number of hydrazine groups is 1. The second-order valence-corrected chi connectivity index (χ2v) is 12.3. The van der Waals surface area contributed by atoms with Crippen LogP contribution in [-0.2, 0) is 26.3 Å². The molecule has 17 heteroatoms. The van der Waals surface area contributed by atoms with Crippen molar-refractivity contribution in [3.05, 3.63) is 29.7 Å². The highest BCUT2D eigenvalue weighted by molar-refractivity contribution is 8.12. The summed E-state index contributed by atoms with van der Waals surface area (Å²) in [7, 11) is 3.21. The number of pyridine rings is 1. The molecule has 37 heavy (non-hydrogen) atoms. The van der Waals surface area contributed by atoms with Crippen LogP contribution in [0.4, 0.5) is 0 Å². The number of nitrogens with zero attached hydrogens (tertiary/aromatic N) is 5. The molecule has 5 heterocycles. The average Bonchev–Trinajstić information content (AvgIpc) is 3.48. The number of fused-ring (bicyclic) bond motifs is 2. The summed E-state index contributed by atoms with van der Waals surface area (Å²) in [6, 6.07) is 1.07. The Balaban J connectivity index is 1.29. The Bertz CT molecular complexity index is 1380. The first-order chi connectivity index (χ1) is 17.8. The Morgan fingerprint density at radius 3 is 3.00 bits per heavy atom. The first kappa shape index (κ1) is 25.8. The summed E-state index contributed by atoms with van der Waals surface area (Å²) in [6.07, 6.45) is 3.87. The number of carboxylic acid groups (broad SMARTS) is 1. The number of hydrogen-bond acceptors (Lipinski definition) is 12. The Hall–Kier alpha value is -2.86. The van der Waals surface area contributed by atoms with Gasteiger partial charge in [-0.2, -0.15) is 4.83 Å². The number of carbonyl (C=O) groups excluding carboxylic acids is 2. The zero-order chi connectivity index (χ0) is 26.3. The summed E-state index contributed by atoms with van der Waals surface area (Å²) in [6.45, 7) is 0.114. The first-order valence-corrected chi connectivity index (χ1v) is 14.4. The minimum absolute atomic E-state index is 0.0453. The zero-order valence-corrected chi connectivity index (χ0v) is 22.7. The van der Waals surface area contributed by atoms with Crippen molar-refractivity contribution in [3.8, 4) is 0 Å². The molecule has 3 aliphatic heterocycles. The van der Waals surface area contributed by atoms with Gasteiger partial charge in [-0.15, -0.1) is 23.1 Å². The van der Waals surface area contributed by atoms with Gasteiger partial charge in [0.2, 0.25) is 5.84 Å². The number of aliphatic carboxylic acids is 1. The molecule has 2 atom stereocenters.